The standard InChI is InChI=1S/C20H17N5O4S3/c1-25(32(27,28)17-6-3-9-30-17)15-5-2-4-12-10-14(22-18(12)15)19-21-11-13(31-19)7-8-16-23-20(26)29-24-16/h2-6,9-11,22H,7-8H2,1H3,(H,23,24,26). The van der Waals surface area contributed by atoms with Crippen LogP contribution in [0.15, 0.2) is 61.5 Å². The second-order valence-corrected chi connectivity index (χ2v) is 11.3. The van der Waals surface area contributed by atoms with Crippen LogP contribution in [0.1, 0.15) is 10.7 Å². The number of rotatable bonds is 7. The van der Waals surface area contributed by atoms with E-state index >= 15 is 0 Å². The van der Waals surface area contributed by atoms with Crippen LogP contribution in [0.4, 0.5) is 5.69 Å². The molecule has 0 radical (unpaired) electrons. The largest absolute Gasteiger partial charge is 0.438 e. The molecule has 0 unspecified atom stereocenters. The van der Waals surface area contributed by atoms with Gasteiger partial charge in [0.2, 0.25) is 0 Å². The highest BCUT2D eigenvalue weighted by atomic mass is 32.2. The van der Waals surface area contributed by atoms with Crippen LogP contribution in [0.3, 0.4) is 0 Å². The monoisotopic (exact) mass is 487 g/mol. The number of anilines is 1. The van der Waals surface area contributed by atoms with E-state index in [2.05, 4.69) is 24.6 Å². The zero-order chi connectivity index (χ0) is 22.3. The van der Waals surface area contributed by atoms with Gasteiger partial charge in [0.05, 0.1) is 16.9 Å². The van der Waals surface area contributed by atoms with Gasteiger partial charge in [0.25, 0.3) is 10.0 Å². The third-order valence-corrected chi connectivity index (χ3v) is 9.20. The average Bonchev–Trinajstić information content (AvgIpc) is 3.57. The summed E-state index contributed by atoms with van der Waals surface area (Å²) in [6.45, 7) is 0. The van der Waals surface area contributed by atoms with Gasteiger partial charge < -0.3 is 4.98 Å². The summed E-state index contributed by atoms with van der Waals surface area (Å²) in [5.41, 5.74) is 2.09. The van der Waals surface area contributed by atoms with Gasteiger partial charge in [-0.1, -0.05) is 23.4 Å². The van der Waals surface area contributed by atoms with Crippen molar-refractivity contribution < 1.29 is 12.9 Å². The summed E-state index contributed by atoms with van der Waals surface area (Å²) >= 11 is 2.71. The van der Waals surface area contributed by atoms with E-state index in [1.807, 2.05) is 18.2 Å². The molecule has 2 N–H and O–H groups in total. The van der Waals surface area contributed by atoms with Crippen LogP contribution in [0.5, 0.6) is 0 Å². The first-order valence-corrected chi connectivity index (χ1v) is 12.7. The number of nitrogens with one attached hydrogen (secondary N) is 2. The van der Waals surface area contributed by atoms with E-state index in [1.165, 1.54) is 27.0 Å². The number of aryl methyl sites for hydroxylation is 2. The lowest BCUT2D eigenvalue weighted by atomic mass is 10.2. The Bertz CT molecular complexity index is 1540. The van der Waals surface area contributed by atoms with Crippen LogP contribution >= 0.6 is 22.7 Å². The first kappa shape index (κ1) is 20.7. The van der Waals surface area contributed by atoms with Crippen molar-refractivity contribution in [2.45, 2.75) is 17.1 Å². The van der Waals surface area contributed by atoms with Gasteiger partial charge in [-0.15, -0.1) is 22.7 Å². The van der Waals surface area contributed by atoms with Crippen molar-refractivity contribution >= 4 is 49.3 Å². The van der Waals surface area contributed by atoms with Crippen LogP contribution in [-0.2, 0) is 22.9 Å². The molecule has 32 heavy (non-hydrogen) atoms. The average molecular weight is 488 g/mol. The molecule has 0 spiro atoms. The van der Waals surface area contributed by atoms with E-state index in [1.54, 1.807) is 36.8 Å². The number of thiophene rings is 1. The fourth-order valence-corrected chi connectivity index (χ4v) is 6.60. The van der Waals surface area contributed by atoms with E-state index in [-0.39, 0.29) is 0 Å². The minimum Gasteiger partial charge on any atom is -0.351 e. The third-order valence-electron chi connectivity index (χ3n) is 4.96. The molecular weight excluding hydrogens is 470 g/mol. The Balaban J connectivity index is 1.43. The number of H-pyrrole nitrogens is 2. The zero-order valence-corrected chi connectivity index (χ0v) is 19.2. The molecule has 164 valence electrons. The molecule has 0 atom stereocenters. The molecule has 0 aliphatic rings. The highest BCUT2D eigenvalue weighted by Crippen LogP contribution is 2.34. The minimum absolute atomic E-state index is 0.293. The van der Waals surface area contributed by atoms with Crippen molar-refractivity contribution in [3.8, 4) is 10.7 Å². The van der Waals surface area contributed by atoms with Crippen molar-refractivity contribution in [1.29, 1.82) is 0 Å². The molecule has 1 aromatic carbocycles. The van der Waals surface area contributed by atoms with Crippen LogP contribution in [0, 0.1) is 0 Å². The molecule has 0 saturated carbocycles. The van der Waals surface area contributed by atoms with Gasteiger partial charge in [-0.2, -0.15) is 0 Å². The maximum Gasteiger partial charge on any atom is 0.438 e. The number of para-hydroxylation sites is 1. The Morgan fingerprint density at radius 1 is 1.16 bits per heavy atom. The second kappa shape index (κ2) is 8.04. The quantitative estimate of drug-likeness (QED) is 0.361. The number of benzene rings is 1. The molecule has 5 rings (SSSR count). The summed E-state index contributed by atoms with van der Waals surface area (Å²) in [7, 11) is -2.09. The van der Waals surface area contributed by atoms with Crippen LogP contribution in [-0.4, -0.2) is 35.6 Å². The summed E-state index contributed by atoms with van der Waals surface area (Å²) in [5.74, 6) is -0.0693. The highest BCUT2D eigenvalue weighted by molar-refractivity contribution is 7.94. The number of aromatic amines is 2. The molecule has 0 bridgehead atoms. The lowest BCUT2D eigenvalue weighted by molar-refractivity contribution is 0.381. The molecule has 0 fully saturated rings. The highest BCUT2D eigenvalue weighted by Gasteiger charge is 2.24. The first-order valence-electron chi connectivity index (χ1n) is 9.56. The van der Waals surface area contributed by atoms with Crippen molar-refractivity contribution in [3.05, 3.63) is 69.2 Å². The molecular formula is C20H17N5O4S3. The Morgan fingerprint density at radius 3 is 2.78 bits per heavy atom. The molecule has 4 aromatic heterocycles. The van der Waals surface area contributed by atoms with Crippen molar-refractivity contribution in [1.82, 2.24) is 20.1 Å². The van der Waals surface area contributed by atoms with Gasteiger partial charge >= 0.3 is 5.76 Å². The van der Waals surface area contributed by atoms with E-state index in [4.69, 9.17) is 0 Å². The van der Waals surface area contributed by atoms with E-state index in [0.717, 1.165) is 26.5 Å². The zero-order valence-electron chi connectivity index (χ0n) is 16.7. The SMILES string of the molecule is CN(c1cccc2cc(-c3ncc(CCc4noc(=O)[nH]4)s3)[nH]c12)S(=O)(=O)c1cccs1. The molecule has 0 aliphatic carbocycles. The number of sulfonamides is 1. The Hall–Kier alpha value is -3.22. The van der Waals surface area contributed by atoms with Gasteiger partial charge in [-0.25, -0.2) is 18.2 Å². The van der Waals surface area contributed by atoms with Crippen LogP contribution < -0.4 is 10.1 Å². The molecule has 12 heteroatoms. The Kier molecular flexibility index (Phi) is 5.19. The lowest BCUT2D eigenvalue weighted by Crippen LogP contribution is -2.26. The molecule has 0 aliphatic heterocycles. The number of hydrogen-bond donors (Lipinski definition) is 2. The summed E-state index contributed by atoms with van der Waals surface area (Å²) in [4.78, 5) is 22.4. The van der Waals surface area contributed by atoms with Crippen molar-refractivity contribution in [2.75, 3.05) is 11.4 Å². The Labute approximate surface area is 190 Å². The van der Waals surface area contributed by atoms with Gasteiger partial charge in [0.15, 0.2) is 5.82 Å². The lowest BCUT2D eigenvalue weighted by Gasteiger charge is -2.19. The number of thiazole rings is 1. The number of nitrogens with zero attached hydrogens (tertiary/aromatic N) is 3. The predicted octanol–water partition coefficient (Wildman–Crippen LogP) is 3.64. The molecule has 4 heterocycles. The molecule has 0 saturated heterocycles. The van der Waals surface area contributed by atoms with Crippen LogP contribution in [0.25, 0.3) is 21.6 Å². The maximum atomic E-state index is 13.0. The Morgan fingerprint density at radius 2 is 2.03 bits per heavy atom. The van der Waals surface area contributed by atoms with Gasteiger partial charge in [-0.3, -0.25) is 13.8 Å². The first-order chi connectivity index (χ1) is 15.4. The second-order valence-electron chi connectivity index (χ2n) is 7.00. The molecule has 0 amide bonds. The molecule has 5 aromatic rings. The summed E-state index contributed by atoms with van der Waals surface area (Å²) in [5, 5.41) is 7.10. The van der Waals surface area contributed by atoms with Crippen molar-refractivity contribution in [3.63, 3.8) is 0 Å². The molecule has 9 nitrogen and oxygen atoms in total. The van der Waals surface area contributed by atoms with Gasteiger partial charge in [0, 0.05) is 29.9 Å². The number of fused-ring (bicyclic) bond motifs is 1. The van der Waals surface area contributed by atoms with Crippen LogP contribution in [0.2, 0.25) is 0 Å². The maximum absolute atomic E-state index is 13.0. The topological polar surface area (TPSA) is 125 Å². The van der Waals surface area contributed by atoms with E-state index < -0.39 is 15.8 Å². The fraction of sp³-hybridized carbons (Fsp3) is 0.150. The van der Waals surface area contributed by atoms with E-state index in [9.17, 15) is 13.2 Å². The van der Waals surface area contributed by atoms with Gasteiger partial charge in [0.1, 0.15) is 9.22 Å². The van der Waals surface area contributed by atoms with Gasteiger partial charge in [-0.05, 0) is 30.0 Å². The number of aromatic nitrogens is 4. The third kappa shape index (κ3) is 3.76. The summed E-state index contributed by atoms with van der Waals surface area (Å²) < 4.78 is 32.1. The number of hydrogen-bond acceptors (Lipinski definition) is 8. The van der Waals surface area contributed by atoms with E-state index in [0.29, 0.717) is 28.6 Å². The smallest absolute Gasteiger partial charge is 0.351 e. The summed E-state index contributed by atoms with van der Waals surface area (Å²) in [6, 6.07) is 10.8. The van der Waals surface area contributed by atoms with Crippen molar-refractivity contribution in [2.24, 2.45) is 0 Å². The normalized spacial score (nSPS) is 11.9. The summed E-state index contributed by atoms with van der Waals surface area (Å²) in [6.07, 6.45) is 2.99. The predicted molar refractivity (Wildman–Crippen MR) is 124 cm³/mol. The minimum atomic E-state index is -3.64. The fourth-order valence-electron chi connectivity index (χ4n) is 3.35.